The average Bonchev–Trinajstić information content (AvgIpc) is 3.21. The minimum atomic E-state index is -0.270. The Kier molecular flexibility index (Phi) is 5.08. The largest absolute Gasteiger partial charge is 0.461 e. The number of halogens is 3. The maximum atomic E-state index is 12.0. The van der Waals surface area contributed by atoms with Crippen LogP contribution in [0.1, 0.15) is 12.3 Å². The van der Waals surface area contributed by atoms with Gasteiger partial charge in [0.25, 0.3) is 0 Å². The molecular formula is C15H10Cl3N3O3. The van der Waals surface area contributed by atoms with Crippen LogP contribution in [0.15, 0.2) is 39.5 Å². The van der Waals surface area contributed by atoms with Crippen molar-refractivity contribution in [2.45, 2.75) is 12.8 Å². The van der Waals surface area contributed by atoms with Crippen LogP contribution in [0, 0.1) is 0 Å². The topological polar surface area (TPSA) is 81.2 Å². The summed E-state index contributed by atoms with van der Waals surface area (Å²) in [6.07, 6.45) is 1.93. The van der Waals surface area contributed by atoms with Crippen molar-refractivity contribution in [2.75, 3.05) is 5.32 Å². The van der Waals surface area contributed by atoms with Gasteiger partial charge in [-0.15, -0.1) is 0 Å². The Morgan fingerprint density at radius 3 is 2.71 bits per heavy atom. The fraction of sp³-hybridized carbons (Fsp3) is 0.133. The van der Waals surface area contributed by atoms with Crippen molar-refractivity contribution in [3.63, 3.8) is 0 Å². The zero-order valence-corrected chi connectivity index (χ0v) is 14.3. The molecule has 0 atom stereocenters. The standard InChI is InChI=1S/C15H10Cl3N3O3/c16-8-6-10(18)11(7-9(8)17)19-13(22)3-4-14-20-15(21-24-14)12-2-1-5-23-12/h1-2,5-7H,3-4H2,(H,19,22). The molecule has 124 valence electrons. The first kappa shape index (κ1) is 16.8. The Labute approximate surface area is 151 Å². The van der Waals surface area contributed by atoms with E-state index in [1.54, 1.807) is 12.1 Å². The molecule has 3 aromatic rings. The van der Waals surface area contributed by atoms with Gasteiger partial charge in [-0.3, -0.25) is 4.79 Å². The lowest BCUT2D eigenvalue weighted by molar-refractivity contribution is -0.116. The lowest BCUT2D eigenvalue weighted by atomic mass is 10.2. The number of anilines is 1. The summed E-state index contributed by atoms with van der Waals surface area (Å²) >= 11 is 17.8. The molecule has 1 aromatic carbocycles. The number of carbonyl (C=O) groups is 1. The second kappa shape index (κ2) is 7.25. The van der Waals surface area contributed by atoms with Crippen molar-refractivity contribution in [1.29, 1.82) is 0 Å². The Morgan fingerprint density at radius 1 is 1.17 bits per heavy atom. The first-order valence-corrected chi connectivity index (χ1v) is 7.97. The van der Waals surface area contributed by atoms with Gasteiger partial charge in [-0.2, -0.15) is 4.98 Å². The van der Waals surface area contributed by atoms with Crippen LogP contribution in [0.4, 0.5) is 5.69 Å². The van der Waals surface area contributed by atoms with E-state index in [1.807, 2.05) is 0 Å². The molecule has 0 spiro atoms. The number of amides is 1. The molecule has 0 bridgehead atoms. The van der Waals surface area contributed by atoms with Crippen molar-refractivity contribution in [2.24, 2.45) is 0 Å². The number of hydrogen-bond acceptors (Lipinski definition) is 5. The highest BCUT2D eigenvalue weighted by molar-refractivity contribution is 6.44. The van der Waals surface area contributed by atoms with Gasteiger partial charge in [0.1, 0.15) is 0 Å². The van der Waals surface area contributed by atoms with E-state index in [4.69, 9.17) is 43.7 Å². The van der Waals surface area contributed by atoms with E-state index in [-0.39, 0.29) is 18.7 Å². The van der Waals surface area contributed by atoms with Gasteiger partial charge in [-0.1, -0.05) is 40.0 Å². The van der Waals surface area contributed by atoms with Gasteiger partial charge in [0.15, 0.2) is 5.76 Å². The molecule has 1 amide bonds. The molecule has 3 rings (SSSR count). The number of furan rings is 1. The average molecular weight is 387 g/mol. The molecule has 0 unspecified atom stereocenters. The lowest BCUT2D eigenvalue weighted by Gasteiger charge is -2.08. The van der Waals surface area contributed by atoms with Gasteiger partial charge in [0, 0.05) is 12.8 Å². The predicted octanol–water partition coefficient (Wildman–Crippen LogP) is 4.86. The van der Waals surface area contributed by atoms with Gasteiger partial charge >= 0.3 is 0 Å². The van der Waals surface area contributed by atoms with E-state index in [0.29, 0.717) is 38.2 Å². The number of aryl methyl sites for hydroxylation is 1. The number of rotatable bonds is 5. The first-order chi connectivity index (χ1) is 11.5. The highest BCUT2D eigenvalue weighted by Gasteiger charge is 2.14. The molecule has 0 saturated carbocycles. The van der Waals surface area contributed by atoms with Crippen LogP contribution in [0.2, 0.25) is 15.1 Å². The molecule has 0 aliphatic carbocycles. The molecular weight excluding hydrogens is 377 g/mol. The van der Waals surface area contributed by atoms with E-state index in [0.717, 1.165) is 0 Å². The van der Waals surface area contributed by atoms with Crippen LogP contribution in [-0.4, -0.2) is 16.0 Å². The Hall–Kier alpha value is -2.02. The summed E-state index contributed by atoms with van der Waals surface area (Å²) < 4.78 is 10.3. The van der Waals surface area contributed by atoms with Crippen molar-refractivity contribution < 1.29 is 13.7 Å². The van der Waals surface area contributed by atoms with Gasteiger partial charge < -0.3 is 14.3 Å². The molecule has 1 N–H and O–H groups in total. The number of hydrogen-bond donors (Lipinski definition) is 1. The molecule has 24 heavy (non-hydrogen) atoms. The zero-order chi connectivity index (χ0) is 17.1. The quantitative estimate of drug-likeness (QED) is 0.633. The molecule has 0 saturated heterocycles. The van der Waals surface area contributed by atoms with Gasteiger partial charge in [-0.05, 0) is 24.3 Å². The lowest BCUT2D eigenvalue weighted by Crippen LogP contribution is -2.12. The Morgan fingerprint density at radius 2 is 1.96 bits per heavy atom. The summed E-state index contributed by atoms with van der Waals surface area (Å²) in [5, 5.41) is 7.37. The number of aromatic nitrogens is 2. The van der Waals surface area contributed by atoms with E-state index in [9.17, 15) is 4.79 Å². The van der Waals surface area contributed by atoms with Crippen LogP contribution < -0.4 is 5.32 Å². The van der Waals surface area contributed by atoms with Gasteiger partial charge in [0.05, 0.1) is 27.0 Å². The third-order valence-corrected chi connectivity index (χ3v) is 4.09. The first-order valence-electron chi connectivity index (χ1n) is 6.84. The summed E-state index contributed by atoms with van der Waals surface area (Å²) in [5.41, 5.74) is 0.387. The Bertz CT molecular complexity index is 862. The Balaban J connectivity index is 1.59. The molecule has 9 heteroatoms. The number of carbonyl (C=O) groups excluding carboxylic acids is 1. The maximum Gasteiger partial charge on any atom is 0.238 e. The third-order valence-electron chi connectivity index (χ3n) is 3.06. The molecule has 2 aromatic heterocycles. The number of nitrogens with zero attached hydrogens (tertiary/aromatic N) is 2. The molecule has 0 aliphatic rings. The molecule has 2 heterocycles. The van der Waals surface area contributed by atoms with Crippen LogP contribution >= 0.6 is 34.8 Å². The maximum absolute atomic E-state index is 12.0. The minimum absolute atomic E-state index is 0.135. The predicted molar refractivity (Wildman–Crippen MR) is 90.4 cm³/mol. The van der Waals surface area contributed by atoms with Crippen molar-refractivity contribution in [3.05, 3.63) is 51.5 Å². The molecule has 0 radical (unpaired) electrons. The number of benzene rings is 1. The van der Waals surface area contributed by atoms with Crippen molar-refractivity contribution in [1.82, 2.24) is 10.1 Å². The number of nitrogens with one attached hydrogen (secondary N) is 1. The van der Waals surface area contributed by atoms with Crippen LogP contribution in [0.25, 0.3) is 11.6 Å². The van der Waals surface area contributed by atoms with E-state index < -0.39 is 0 Å². The fourth-order valence-corrected chi connectivity index (χ4v) is 2.51. The van der Waals surface area contributed by atoms with Crippen LogP contribution in [0.5, 0.6) is 0 Å². The highest BCUT2D eigenvalue weighted by Crippen LogP contribution is 2.32. The third kappa shape index (κ3) is 3.90. The monoisotopic (exact) mass is 385 g/mol. The summed E-state index contributed by atoms with van der Waals surface area (Å²) in [6, 6.07) is 6.40. The SMILES string of the molecule is O=C(CCc1nc(-c2ccco2)no1)Nc1cc(Cl)c(Cl)cc1Cl. The second-order valence-electron chi connectivity index (χ2n) is 4.78. The minimum Gasteiger partial charge on any atom is -0.461 e. The van der Waals surface area contributed by atoms with Crippen molar-refractivity contribution >= 4 is 46.4 Å². The fourth-order valence-electron chi connectivity index (χ4n) is 1.91. The van der Waals surface area contributed by atoms with E-state index in [1.165, 1.54) is 18.4 Å². The van der Waals surface area contributed by atoms with Crippen LogP contribution in [-0.2, 0) is 11.2 Å². The molecule has 0 fully saturated rings. The van der Waals surface area contributed by atoms with Gasteiger partial charge in [0.2, 0.25) is 17.6 Å². The van der Waals surface area contributed by atoms with Crippen LogP contribution in [0.3, 0.4) is 0 Å². The van der Waals surface area contributed by atoms with Gasteiger partial charge in [-0.25, -0.2) is 0 Å². The zero-order valence-electron chi connectivity index (χ0n) is 12.1. The summed E-state index contributed by atoms with van der Waals surface area (Å²) in [4.78, 5) is 16.2. The smallest absolute Gasteiger partial charge is 0.238 e. The normalized spacial score (nSPS) is 10.8. The molecule has 6 nitrogen and oxygen atoms in total. The molecule has 0 aliphatic heterocycles. The second-order valence-corrected chi connectivity index (χ2v) is 6.00. The highest BCUT2D eigenvalue weighted by atomic mass is 35.5. The van der Waals surface area contributed by atoms with E-state index >= 15 is 0 Å². The van der Waals surface area contributed by atoms with Crippen molar-refractivity contribution in [3.8, 4) is 11.6 Å². The summed E-state index contributed by atoms with van der Waals surface area (Å²) in [6.45, 7) is 0. The summed E-state index contributed by atoms with van der Waals surface area (Å²) in [5.74, 6) is 0.893. The van der Waals surface area contributed by atoms with E-state index in [2.05, 4.69) is 15.5 Å². The summed E-state index contributed by atoms with van der Waals surface area (Å²) in [7, 11) is 0.